The maximum absolute atomic E-state index is 11.1. The summed E-state index contributed by atoms with van der Waals surface area (Å²) in [6, 6.07) is 5.66. The molecule has 0 amide bonds. The zero-order valence-corrected chi connectivity index (χ0v) is 11.0. The maximum Gasteiger partial charge on any atom is 0.326 e. The lowest BCUT2D eigenvalue weighted by Gasteiger charge is -2.30. The van der Waals surface area contributed by atoms with E-state index in [9.17, 15) is 4.79 Å². The van der Waals surface area contributed by atoms with Gasteiger partial charge in [-0.05, 0) is 44.4 Å². The average Bonchev–Trinajstić information content (AvgIpc) is 2.28. The van der Waals surface area contributed by atoms with Crippen molar-refractivity contribution in [3.8, 4) is 0 Å². The number of carbonyl (C=O) groups is 1. The first-order valence-corrected chi connectivity index (χ1v) is 6.04. The van der Waals surface area contributed by atoms with Gasteiger partial charge in [0.2, 0.25) is 0 Å². The number of aryl methyl sites for hydroxylation is 2. The molecule has 0 aliphatic carbocycles. The maximum atomic E-state index is 11.1. The van der Waals surface area contributed by atoms with Crippen LogP contribution in [0.2, 0.25) is 0 Å². The highest BCUT2D eigenvalue weighted by Gasteiger charge is 2.21. The zero-order valence-electron chi connectivity index (χ0n) is 11.0. The molecule has 3 nitrogen and oxygen atoms in total. The molecule has 17 heavy (non-hydrogen) atoms. The van der Waals surface area contributed by atoms with Crippen LogP contribution in [0.3, 0.4) is 0 Å². The third-order valence-corrected chi connectivity index (χ3v) is 2.96. The summed E-state index contributed by atoms with van der Waals surface area (Å²) >= 11 is 0. The molecule has 1 unspecified atom stereocenters. The zero-order chi connectivity index (χ0) is 13.0. The first kappa shape index (κ1) is 13.6. The lowest BCUT2D eigenvalue weighted by Crippen LogP contribution is -2.40. The standard InChI is InChI=1S/C14H21NO2/c1-5-8-15(12(4)14(16)17)13-9-10(2)6-7-11(13)3/h6-7,9,12H,5,8H2,1-4H3,(H,16,17). The third kappa shape index (κ3) is 3.22. The summed E-state index contributed by atoms with van der Waals surface area (Å²) in [6.45, 7) is 8.61. The second-order valence-electron chi connectivity index (χ2n) is 4.50. The lowest BCUT2D eigenvalue weighted by atomic mass is 10.1. The molecule has 94 valence electrons. The Kier molecular flexibility index (Phi) is 4.55. The van der Waals surface area contributed by atoms with Crippen molar-refractivity contribution in [2.45, 2.75) is 40.2 Å². The van der Waals surface area contributed by atoms with Crippen LogP contribution < -0.4 is 4.90 Å². The number of rotatable bonds is 5. The smallest absolute Gasteiger partial charge is 0.326 e. The van der Waals surface area contributed by atoms with Gasteiger partial charge >= 0.3 is 5.97 Å². The van der Waals surface area contributed by atoms with Crippen molar-refractivity contribution >= 4 is 11.7 Å². The first-order chi connectivity index (χ1) is 7.97. The highest BCUT2D eigenvalue weighted by molar-refractivity contribution is 5.78. The van der Waals surface area contributed by atoms with E-state index in [-0.39, 0.29) is 0 Å². The third-order valence-electron chi connectivity index (χ3n) is 2.96. The van der Waals surface area contributed by atoms with Crippen LogP contribution in [-0.2, 0) is 4.79 Å². The fourth-order valence-corrected chi connectivity index (χ4v) is 1.93. The van der Waals surface area contributed by atoms with Gasteiger partial charge in [-0.25, -0.2) is 4.79 Å². The number of benzene rings is 1. The van der Waals surface area contributed by atoms with Crippen LogP contribution in [0.25, 0.3) is 0 Å². The second-order valence-corrected chi connectivity index (χ2v) is 4.50. The predicted octanol–water partition coefficient (Wildman–Crippen LogP) is 2.99. The first-order valence-electron chi connectivity index (χ1n) is 6.04. The van der Waals surface area contributed by atoms with E-state index >= 15 is 0 Å². The molecule has 1 N–H and O–H groups in total. The molecular formula is C14H21NO2. The molecule has 3 heteroatoms. The lowest BCUT2D eigenvalue weighted by molar-refractivity contribution is -0.138. The molecule has 0 bridgehead atoms. The fourth-order valence-electron chi connectivity index (χ4n) is 1.93. The summed E-state index contributed by atoms with van der Waals surface area (Å²) in [5.74, 6) is -0.778. The van der Waals surface area contributed by atoms with Crippen LogP contribution in [0.4, 0.5) is 5.69 Å². The van der Waals surface area contributed by atoms with Crippen LogP contribution in [0, 0.1) is 13.8 Å². The van der Waals surface area contributed by atoms with Crippen molar-refractivity contribution in [1.29, 1.82) is 0 Å². The van der Waals surface area contributed by atoms with Crippen molar-refractivity contribution < 1.29 is 9.90 Å². The van der Waals surface area contributed by atoms with Crippen LogP contribution in [0.15, 0.2) is 18.2 Å². The van der Waals surface area contributed by atoms with E-state index in [0.717, 1.165) is 29.8 Å². The molecule has 1 rings (SSSR count). The highest BCUT2D eigenvalue weighted by Crippen LogP contribution is 2.23. The van der Waals surface area contributed by atoms with Crippen LogP contribution >= 0.6 is 0 Å². The molecule has 1 atom stereocenters. The van der Waals surface area contributed by atoms with Gasteiger partial charge in [0, 0.05) is 12.2 Å². The van der Waals surface area contributed by atoms with E-state index in [1.807, 2.05) is 30.9 Å². The van der Waals surface area contributed by atoms with Crippen LogP contribution in [-0.4, -0.2) is 23.7 Å². The van der Waals surface area contributed by atoms with Crippen molar-refractivity contribution in [2.24, 2.45) is 0 Å². The Labute approximate surface area is 103 Å². The Hall–Kier alpha value is -1.51. The number of carboxylic acid groups (broad SMARTS) is 1. The van der Waals surface area contributed by atoms with E-state index < -0.39 is 12.0 Å². The molecular weight excluding hydrogens is 214 g/mol. The van der Waals surface area contributed by atoms with E-state index in [2.05, 4.69) is 13.0 Å². The summed E-state index contributed by atoms with van der Waals surface area (Å²) in [5, 5.41) is 9.16. The number of anilines is 1. The quantitative estimate of drug-likeness (QED) is 0.853. The molecule has 0 aliphatic heterocycles. The summed E-state index contributed by atoms with van der Waals surface area (Å²) < 4.78 is 0. The Morgan fingerprint density at radius 3 is 2.59 bits per heavy atom. The number of hydrogen-bond acceptors (Lipinski definition) is 2. The molecule has 1 aromatic carbocycles. The number of hydrogen-bond donors (Lipinski definition) is 1. The minimum Gasteiger partial charge on any atom is -0.480 e. The van der Waals surface area contributed by atoms with Gasteiger partial charge in [0.05, 0.1) is 0 Å². The SMILES string of the molecule is CCCN(c1cc(C)ccc1C)C(C)C(=O)O. The summed E-state index contributed by atoms with van der Waals surface area (Å²) in [5.41, 5.74) is 3.31. The minimum absolute atomic E-state index is 0.490. The van der Waals surface area contributed by atoms with Crippen molar-refractivity contribution in [3.63, 3.8) is 0 Å². The largest absolute Gasteiger partial charge is 0.480 e. The van der Waals surface area contributed by atoms with Gasteiger partial charge in [-0.1, -0.05) is 19.1 Å². The Balaban J connectivity index is 3.12. The van der Waals surface area contributed by atoms with Gasteiger partial charge < -0.3 is 10.0 Å². The Bertz CT molecular complexity index is 401. The van der Waals surface area contributed by atoms with Gasteiger partial charge in [-0.15, -0.1) is 0 Å². The molecule has 0 aromatic heterocycles. The average molecular weight is 235 g/mol. The molecule has 0 fully saturated rings. The van der Waals surface area contributed by atoms with E-state index in [4.69, 9.17) is 5.11 Å². The van der Waals surface area contributed by atoms with Gasteiger partial charge in [-0.2, -0.15) is 0 Å². The summed E-state index contributed by atoms with van der Waals surface area (Å²) in [4.78, 5) is 13.1. The van der Waals surface area contributed by atoms with Gasteiger partial charge in [-0.3, -0.25) is 0 Å². The predicted molar refractivity (Wildman–Crippen MR) is 70.7 cm³/mol. The van der Waals surface area contributed by atoms with Crippen LogP contribution in [0.5, 0.6) is 0 Å². The second kappa shape index (κ2) is 5.71. The molecule has 0 aliphatic rings. The molecule has 0 saturated carbocycles. The molecule has 0 radical (unpaired) electrons. The number of aliphatic carboxylic acids is 1. The van der Waals surface area contributed by atoms with E-state index in [0.29, 0.717) is 0 Å². The number of nitrogens with zero attached hydrogens (tertiary/aromatic N) is 1. The van der Waals surface area contributed by atoms with Crippen molar-refractivity contribution in [3.05, 3.63) is 29.3 Å². The van der Waals surface area contributed by atoms with Gasteiger partial charge in [0.1, 0.15) is 6.04 Å². The topological polar surface area (TPSA) is 40.5 Å². The molecule has 0 spiro atoms. The highest BCUT2D eigenvalue weighted by atomic mass is 16.4. The van der Waals surface area contributed by atoms with E-state index in [1.54, 1.807) is 6.92 Å². The molecule has 0 heterocycles. The summed E-state index contributed by atoms with van der Waals surface area (Å²) in [7, 11) is 0. The van der Waals surface area contributed by atoms with E-state index in [1.165, 1.54) is 0 Å². The normalized spacial score (nSPS) is 12.2. The van der Waals surface area contributed by atoms with Crippen molar-refractivity contribution in [2.75, 3.05) is 11.4 Å². The van der Waals surface area contributed by atoms with Crippen molar-refractivity contribution in [1.82, 2.24) is 0 Å². The fraction of sp³-hybridized carbons (Fsp3) is 0.500. The molecule has 0 saturated heterocycles. The minimum atomic E-state index is -0.778. The van der Waals surface area contributed by atoms with Crippen LogP contribution in [0.1, 0.15) is 31.4 Å². The Morgan fingerprint density at radius 1 is 1.41 bits per heavy atom. The van der Waals surface area contributed by atoms with Gasteiger partial charge in [0.15, 0.2) is 0 Å². The molecule has 1 aromatic rings. The van der Waals surface area contributed by atoms with Gasteiger partial charge in [0.25, 0.3) is 0 Å². The Morgan fingerprint density at radius 2 is 2.06 bits per heavy atom. The monoisotopic (exact) mass is 235 g/mol. The number of carboxylic acids is 1. The summed E-state index contributed by atoms with van der Waals surface area (Å²) in [6.07, 6.45) is 0.936.